The maximum absolute atomic E-state index is 5.72. The fourth-order valence-electron chi connectivity index (χ4n) is 1.24. The lowest BCUT2D eigenvalue weighted by molar-refractivity contribution is 0.420. The molecule has 1 rings (SSSR count). The Morgan fingerprint density at radius 1 is 1.30 bits per heavy atom. The number of rotatable bonds is 0. The van der Waals surface area contributed by atoms with Crippen molar-refractivity contribution in [1.82, 2.24) is 0 Å². The third-order valence-corrected chi connectivity index (χ3v) is 2.80. The Bertz CT molecular complexity index is 99.9. The third-order valence-electron chi connectivity index (χ3n) is 1.87. The predicted molar refractivity (Wildman–Crippen MR) is 46.5 cm³/mol. The lowest BCUT2D eigenvalue weighted by Gasteiger charge is -2.27. The van der Waals surface area contributed by atoms with Gasteiger partial charge in [0.05, 0.1) is 0 Å². The molecule has 0 N–H and O–H groups in total. The Hall–Kier alpha value is 0.870. The van der Waals surface area contributed by atoms with Gasteiger partial charge in [0, 0.05) is 5.92 Å². The number of hydrogen-bond donors (Lipinski definition) is 0. The molecule has 1 atom stereocenters. The molecule has 0 bridgehead atoms. The van der Waals surface area contributed by atoms with Gasteiger partial charge < -0.3 is 0 Å². The maximum atomic E-state index is 5.72. The van der Waals surface area contributed by atoms with E-state index in [0.717, 1.165) is 12.8 Å². The predicted octanol–water partition coefficient (Wildman–Crippen LogP) is 3.75. The number of hydrogen-bond acceptors (Lipinski definition) is 0. The first-order valence-electron chi connectivity index (χ1n) is 3.49. The molecule has 59 valence electrons. The van der Waals surface area contributed by atoms with Gasteiger partial charge in [-0.05, 0) is 19.3 Å². The van der Waals surface area contributed by atoms with Crippen LogP contribution in [-0.4, -0.2) is 3.79 Å². The molecular formula is C7H10Cl3. The van der Waals surface area contributed by atoms with Gasteiger partial charge in [-0.1, -0.05) is 47.6 Å². The highest BCUT2D eigenvalue weighted by Gasteiger charge is 2.32. The Balaban J connectivity index is 2.39. The first kappa shape index (κ1) is 8.96. The fourth-order valence-corrected chi connectivity index (χ4v) is 1.84. The normalized spacial score (nSPS) is 23.1. The summed E-state index contributed by atoms with van der Waals surface area (Å²) < 4.78 is -1.04. The molecule has 1 aliphatic carbocycles. The van der Waals surface area contributed by atoms with Crippen molar-refractivity contribution in [1.29, 1.82) is 0 Å². The van der Waals surface area contributed by atoms with Crippen LogP contribution in [0.25, 0.3) is 0 Å². The summed E-state index contributed by atoms with van der Waals surface area (Å²) in [7, 11) is 0. The molecule has 0 aromatic heterocycles. The van der Waals surface area contributed by atoms with Crippen LogP contribution >= 0.6 is 34.8 Å². The van der Waals surface area contributed by atoms with E-state index in [9.17, 15) is 0 Å². The minimum atomic E-state index is -1.04. The molecule has 0 heterocycles. The van der Waals surface area contributed by atoms with Gasteiger partial charge in [0.2, 0.25) is 0 Å². The maximum Gasteiger partial charge on any atom is 0.193 e. The van der Waals surface area contributed by atoms with Gasteiger partial charge in [0.1, 0.15) is 0 Å². The molecule has 1 saturated carbocycles. The van der Waals surface area contributed by atoms with Crippen molar-refractivity contribution in [3.8, 4) is 0 Å². The van der Waals surface area contributed by atoms with E-state index < -0.39 is 3.79 Å². The Morgan fingerprint density at radius 2 is 2.00 bits per heavy atom. The zero-order chi connectivity index (χ0) is 7.61. The second kappa shape index (κ2) is 3.51. The van der Waals surface area contributed by atoms with Crippen LogP contribution in [0.2, 0.25) is 0 Å². The molecule has 1 aliphatic rings. The van der Waals surface area contributed by atoms with Crippen LogP contribution < -0.4 is 0 Å². The molecule has 1 radical (unpaired) electrons. The SMILES string of the molecule is ClC(Cl)(Cl)C1C[CH]CCC1. The van der Waals surface area contributed by atoms with Crippen LogP contribution in [0, 0.1) is 12.3 Å². The van der Waals surface area contributed by atoms with Crippen molar-refractivity contribution in [3.63, 3.8) is 0 Å². The van der Waals surface area contributed by atoms with E-state index in [-0.39, 0.29) is 5.92 Å². The summed E-state index contributed by atoms with van der Waals surface area (Å²) in [4.78, 5) is 0. The first-order chi connectivity index (χ1) is 4.61. The Kier molecular flexibility index (Phi) is 3.15. The molecule has 0 aromatic rings. The van der Waals surface area contributed by atoms with Crippen molar-refractivity contribution in [2.24, 2.45) is 5.92 Å². The van der Waals surface area contributed by atoms with Crippen molar-refractivity contribution in [3.05, 3.63) is 6.42 Å². The summed E-state index contributed by atoms with van der Waals surface area (Å²) in [5, 5.41) is 0. The van der Waals surface area contributed by atoms with E-state index in [2.05, 4.69) is 6.42 Å². The largest absolute Gasteiger partial charge is 0.193 e. The Morgan fingerprint density at radius 3 is 2.30 bits per heavy atom. The number of halogens is 3. The number of alkyl halides is 3. The van der Waals surface area contributed by atoms with Gasteiger partial charge in [-0.3, -0.25) is 0 Å². The Labute approximate surface area is 76.8 Å². The highest BCUT2D eigenvalue weighted by molar-refractivity contribution is 6.67. The highest BCUT2D eigenvalue weighted by atomic mass is 35.6. The van der Waals surface area contributed by atoms with Gasteiger partial charge >= 0.3 is 0 Å². The van der Waals surface area contributed by atoms with Crippen molar-refractivity contribution in [2.45, 2.75) is 29.5 Å². The van der Waals surface area contributed by atoms with E-state index in [1.165, 1.54) is 12.8 Å². The average molecular weight is 201 g/mol. The van der Waals surface area contributed by atoms with E-state index in [0.29, 0.717) is 0 Å². The summed E-state index contributed by atoms with van der Waals surface area (Å²) >= 11 is 17.2. The van der Waals surface area contributed by atoms with E-state index in [1.54, 1.807) is 0 Å². The lowest BCUT2D eigenvalue weighted by atomic mass is 9.90. The molecular weight excluding hydrogens is 190 g/mol. The van der Waals surface area contributed by atoms with Crippen molar-refractivity contribution in [2.75, 3.05) is 0 Å². The quantitative estimate of drug-likeness (QED) is 0.523. The molecule has 0 saturated heterocycles. The summed E-state index contributed by atoms with van der Waals surface area (Å²) in [5.41, 5.74) is 0. The molecule has 0 spiro atoms. The lowest BCUT2D eigenvalue weighted by Crippen LogP contribution is -2.21. The minimum Gasteiger partial charge on any atom is -0.0834 e. The van der Waals surface area contributed by atoms with Crippen molar-refractivity contribution >= 4 is 34.8 Å². The molecule has 0 aromatic carbocycles. The monoisotopic (exact) mass is 199 g/mol. The molecule has 0 nitrogen and oxygen atoms in total. The summed E-state index contributed by atoms with van der Waals surface area (Å²) in [5.74, 6) is 0.242. The fraction of sp³-hybridized carbons (Fsp3) is 0.857. The molecule has 1 unspecified atom stereocenters. The van der Waals surface area contributed by atoms with Gasteiger partial charge in [0.15, 0.2) is 3.79 Å². The van der Waals surface area contributed by atoms with Crippen molar-refractivity contribution < 1.29 is 0 Å². The summed E-state index contributed by atoms with van der Waals surface area (Å²) in [6.45, 7) is 0. The first-order valence-corrected chi connectivity index (χ1v) is 4.62. The zero-order valence-corrected chi connectivity index (χ0v) is 7.88. The minimum absolute atomic E-state index is 0.242. The van der Waals surface area contributed by atoms with E-state index >= 15 is 0 Å². The van der Waals surface area contributed by atoms with Crippen LogP contribution in [-0.2, 0) is 0 Å². The zero-order valence-electron chi connectivity index (χ0n) is 5.62. The molecule has 0 aliphatic heterocycles. The second-order valence-electron chi connectivity index (χ2n) is 2.69. The van der Waals surface area contributed by atoms with Crippen LogP contribution in [0.5, 0.6) is 0 Å². The van der Waals surface area contributed by atoms with Crippen LogP contribution in [0.3, 0.4) is 0 Å². The van der Waals surface area contributed by atoms with E-state index in [4.69, 9.17) is 34.8 Å². The molecule has 10 heavy (non-hydrogen) atoms. The highest BCUT2D eigenvalue weighted by Crippen LogP contribution is 2.42. The summed E-state index contributed by atoms with van der Waals surface area (Å²) in [6.07, 6.45) is 6.55. The van der Waals surface area contributed by atoms with Gasteiger partial charge in [-0.2, -0.15) is 0 Å². The molecule has 0 amide bonds. The standard InChI is InChI=1S/C7H10Cl3/c8-7(9,10)6-4-2-1-3-5-6/h2,6H,1,3-5H2. The van der Waals surface area contributed by atoms with Gasteiger partial charge in [-0.15, -0.1) is 0 Å². The topological polar surface area (TPSA) is 0 Å². The van der Waals surface area contributed by atoms with E-state index in [1.807, 2.05) is 0 Å². The molecule has 1 fully saturated rings. The second-order valence-corrected chi connectivity index (χ2v) is 5.06. The molecule has 3 heteroatoms. The van der Waals surface area contributed by atoms with Crippen LogP contribution in [0.15, 0.2) is 0 Å². The van der Waals surface area contributed by atoms with Crippen LogP contribution in [0.1, 0.15) is 25.7 Å². The third kappa shape index (κ3) is 2.48. The van der Waals surface area contributed by atoms with Crippen LogP contribution in [0.4, 0.5) is 0 Å². The average Bonchev–Trinajstić information content (AvgIpc) is 1.88. The van der Waals surface area contributed by atoms with Gasteiger partial charge in [-0.25, -0.2) is 0 Å². The smallest absolute Gasteiger partial charge is 0.0834 e. The van der Waals surface area contributed by atoms with Gasteiger partial charge in [0.25, 0.3) is 0 Å². The summed E-state index contributed by atoms with van der Waals surface area (Å²) in [6, 6.07) is 0.